The summed E-state index contributed by atoms with van der Waals surface area (Å²) in [6, 6.07) is 6.33. The highest BCUT2D eigenvalue weighted by atomic mass is 32.1. The zero-order chi connectivity index (χ0) is 15.9. The molecule has 0 unspecified atom stereocenters. The molecule has 1 aliphatic rings. The summed E-state index contributed by atoms with van der Waals surface area (Å²) >= 11 is 5.36. The molecule has 1 saturated heterocycles. The molecule has 1 heterocycles. The molecule has 2 rings (SSSR count). The summed E-state index contributed by atoms with van der Waals surface area (Å²) in [5.41, 5.74) is 3.65. The molecule has 0 saturated carbocycles. The summed E-state index contributed by atoms with van der Waals surface area (Å²) in [6.07, 6.45) is 3.88. The van der Waals surface area contributed by atoms with Crippen LogP contribution in [0.4, 0.5) is 5.69 Å². The molecule has 1 aliphatic heterocycles. The van der Waals surface area contributed by atoms with E-state index in [2.05, 4.69) is 54.5 Å². The lowest BCUT2D eigenvalue weighted by atomic mass is 10.0. The van der Waals surface area contributed by atoms with E-state index in [9.17, 15) is 0 Å². The normalized spacial score (nSPS) is 19.0. The van der Waals surface area contributed by atoms with E-state index >= 15 is 0 Å². The van der Waals surface area contributed by atoms with Crippen molar-refractivity contribution in [3.05, 3.63) is 29.3 Å². The minimum absolute atomic E-state index is 0.718. The molecule has 4 heteroatoms. The van der Waals surface area contributed by atoms with Gasteiger partial charge in [-0.1, -0.05) is 13.0 Å². The highest BCUT2D eigenvalue weighted by molar-refractivity contribution is 7.80. The third-order valence-electron chi connectivity index (χ3n) is 4.44. The van der Waals surface area contributed by atoms with Gasteiger partial charge in [0, 0.05) is 18.8 Å². The quantitative estimate of drug-likeness (QED) is 0.639. The fraction of sp³-hybridized carbons (Fsp3) is 0.611. The van der Waals surface area contributed by atoms with Crippen molar-refractivity contribution in [3.8, 4) is 0 Å². The van der Waals surface area contributed by atoms with Crippen LogP contribution in [0.25, 0.3) is 0 Å². The van der Waals surface area contributed by atoms with Gasteiger partial charge in [0.2, 0.25) is 0 Å². The summed E-state index contributed by atoms with van der Waals surface area (Å²) in [7, 11) is 0. The second-order valence-electron chi connectivity index (χ2n) is 6.58. The molecule has 0 aromatic heterocycles. The molecular formula is C18H29N3S. The maximum Gasteiger partial charge on any atom is 0.170 e. The average Bonchev–Trinajstić information content (AvgIpc) is 2.48. The van der Waals surface area contributed by atoms with Crippen molar-refractivity contribution in [3.63, 3.8) is 0 Å². The number of nitrogens with one attached hydrogen (secondary N) is 2. The predicted octanol–water partition coefficient (Wildman–Crippen LogP) is 3.71. The van der Waals surface area contributed by atoms with Crippen molar-refractivity contribution in [2.75, 3.05) is 31.5 Å². The lowest BCUT2D eigenvalue weighted by Gasteiger charge is -2.30. The monoisotopic (exact) mass is 319 g/mol. The first kappa shape index (κ1) is 17.2. The van der Waals surface area contributed by atoms with Gasteiger partial charge in [0.05, 0.1) is 0 Å². The molecule has 1 fully saturated rings. The van der Waals surface area contributed by atoms with Gasteiger partial charge >= 0.3 is 0 Å². The maximum absolute atomic E-state index is 5.36. The van der Waals surface area contributed by atoms with Gasteiger partial charge in [-0.05, 0) is 87.6 Å². The maximum atomic E-state index is 5.36. The van der Waals surface area contributed by atoms with Gasteiger partial charge < -0.3 is 15.5 Å². The minimum atomic E-state index is 0.718. The van der Waals surface area contributed by atoms with Gasteiger partial charge in [0.1, 0.15) is 0 Å². The Morgan fingerprint density at radius 2 is 2.14 bits per heavy atom. The van der Waals surface area contributed by atoms with Gasteiger partial charge in [-0.15, -0.1) is 0 Å². The Kier molecular flexibility index (Phi) is 6.65. The van der Waals surface area contributed by atoms with Crippen LogP contribution in [0.2, 0.25) is 0 Å². The van der Waals surface area contributed by atoms with Gasteiger partial charge in [0.15, 0.2) is 5.11 Å². The van der Waals surface area contributed by atoms with E-state index in [4.69, 9.17) is 12.2 Å². The fourth-order valence-corrected chi connectivity index (χ4v) is 3.21. The van der Waals surface area contributed by atoms with Crippen LogP contribution < -0.4 is 10.6 Å². The molecule has 0 bridgehead atoms. The Labute approximate surface area is 140 Å². The van der Waals surface area contributed by atoms with Gasteiger partial charge in [-0.2, -0.15) is 0 Å². The summed E-state index contributed by atoms with van der Waals surface area (Å²) in [5.74, 6) is 0.856. The predicted molar refractivity (Wildman–Crippen MR) is 99.6 cm³/mol. The average molecular weight is 320 g/mol. The molecule has 0 aliphatic carbocycles. The van der Waals surface area contributed by atoms with Gasteiger partial charge in [-0.25, -0.2) is 0 Å². The first-order valence-corrected chi connectivity index (χ1v) is 8.80. The smallest absolute Gasteiger partial charge is 0.170 e. The van der Waals surface area contributed by atoms with Crippen molar-refractivity contribution in [2.24, 2.45) is 5.92 Å². The van der Waals surface area contributed by atoms with E-state index in [1.54, 1.807) is 0 Å². The molecule has 22 heavy (non-hydrogen) atoms. The molecule has 1 aromatic carbocycles. The summed E-state index contributed by atoms with van der Waals surface area (Å²) in [6.45, 7) is 11.2. The molecule has 0 spiro atoms. The minimum Gasteiger partial charge on any atom is -0.362 e. The summed E-state index contributed by atoms with van der Waals surface area (Å²) in [4.78, 5) is 2.58. The molecule has 1 aromatic rings. The number of aryl methyl sites for hydroxylation is 2. The van der Waals surface area contributed by atoms with Crippen LogP contribution in [-0.2, 0) is 0 Å². The number of anilines is 1. The Morgan fingerprint density at radius 1 is 1.32 bits per heavy atom. The molecule has 3 nitrogen and oxygen atoms in total. The topological polar surface area (TPSA) is 27.3 Å². The lowest BCUT2D eigenvalue weighted by molar-refractivity contribution is 0.182. The first-order chi connectivity index (χ1) is 10.5. The van der Waals surface area contributed by atoms with E-state index < -0.39 is 0 Å². The zero-order valence-corrected chi connectivity index (χ0v) is 14.9. The van der Waals surface area contributed by atoms with Crippen LogP contribution in [-0.4, -0.2) is 36.2 Å². The van der Waals surface area contributed by atoms with Crippen LogP contribution >= 0.6 is 12.2 Å². The Balaban J connectivity index is 1.64. The highest BCUT2D eigenvalue weighted by Crippen LogP contribution is 2.15. The van der Waals surface area contributed by atoms with Gasteiger partial charge in [-0.3, -0.25) is 0 Å². The van der Waals surface area contributed by atoms with E-state index in [1.807, 2.05) is 0 Å². The third kappa shape index (κ3) is 5.58. The number of hydrogen-bond acceptors (Lipinski definition) is 2. The molecule has 1 atom stereocenters. The molecule has 2 N–H and O–H groups in total. The number of hydrogen-bond donors (Lipinski definition) is 2. The molecular weight excluding hydrogens is 290 g/mol. The van der Waals surface area contributed by atoms with Crippen molar-refractivity contribution >= 4 is 23.0 Å². The number of likely N-dealkylation sites (tertiary alicyclic amines) is 1. The van der Waals surface area contributed by atoms with E-state index in [1.165, 1.54) is 43.6 Å². The van der Waals surface area contributed by atoms with E-state index in [-0.39, 0.29) is 0 Å². The number of rotatable bonds is 5. The van der Waals surface area contributed by atoms with Crippen molar-refractivity contribution < 1.29 is 0 Å². The van der Waals surface area contributed by atoms with E-state index in [0.717, 1.165) is 29.7 Å². The van der Waals surface area contributed by atoms with Crippen LogP contribution in [0.15, 0.2) is 18.2 Å². The Hall–Kier alpha value is -1.13. The van der Waals surface area contributed by atoms with Crippen LogP contribution in [0.1, 0.15) is 37.3 Å². The van der Waals surface area contributed by atoms with Crippen molar-refractivity contribution in [1.29, 1.82) is 0 Å². The lowest BCUT2D eigenvalue weighted by Crippen LogP contribution is -2.37. The SMILES string of the molecule is Cc1ccc(NC(=S)NCCCN2CCC[C@@H](C)C2)cc1C. The van der Waals surface area contributed by atoms with Crippen LogP contribution in [0.5, 0.6) is 0 Å². The molecule has 0 radical (unpaired) electrons. The van der Waals surface area contributed by atoms with Crippen molar-refractivity contribution in [1.82, 2.24) is 10.2 Å². The largest absolute Gasteiger partial charge is 0.362 e. The molecule has 122 valence electrons. The second-order valence-corrected chi connectivity index (χ2v) is 6.99. The standard InChI is InChI=1S/C18H29N3S/c1-14-6-4-10-21(13-14)11-5-9-19-18(22)20-17-8-7-15(2)16(3)12-17/h7-8,12,14H,4-6,9-11,13H2,1-3H3,(H2,19,20,22)/t14-/m1/s1. The third-order valence-corrected chi connectivity index (χ3v) is 4.69. The number of thiocarbonyl (C=S) groups is 1. The van der Waals surface area contributed by atoms with Crippen LogP contribution in [0.3, 0.4) is 0 Å². The number of nitrogens with zero attached hydrogens (tertiary/aromatic N) is 1. The highest BCUT2D eigenvalue weighted by Gasteiger charge is 2.15. The summed E-state index contributed by atoms with van der Waals surface area (Å²) < 4.78 is 0. The van der Waals surface area contributed by atoms with Gasteiger partial charge in [0.25, 0.3) is 0 Å². The Morgan fingerprint density at radius 3 is 2.86 bits per heavy atom. The zero-order valence-electron chi connectivity index (χ0n) is 14.1. The summed E-state index contributed by atoms with van der Waals surface area (Å²) in [5, 5.41) is 7.29. The second kappa shape index (κ2) is 8.49. The van der Waals surface area contributed by atoms with Crippen LogP contribution in [0, 0.1) is 19.8 Å². The number of benzene rings is 1. The first-order valence-electron chi connectivity index (χ1n) is 8.39. The van der Waals surface area contributed by atoms with Crippen molar-refractivity contribution in [2.45, 2.75) is 40.0 Å². The molecule has 0 amide bonds. The fourth-order valence-electron chi connectivity index (χ4n) is 2.99. The van der Waals surface area contributed by atoms with E-state index in [0.29, 0.717) is 0 Å². The Bertz CT molecular complexity index is 501. The number of piperidine rings is 1.